The highest BCUT2D eigenvalue weighted by Gasteiger charge is 1.76. The first kappa shape index (κ1) is 9.88. The van der Waals surface area contributed by atoms with E-state index in [0.717, 1.165) is 0 Å². The Morgan fingerprint density at radius 1 is 1.64 bits per heavy atom. The Morgan fingerprint density at radius 2 is 2.18 bits per heavy atom. The van der Waals surface area contributed by atoms with Gasteiger partial charge in [-0.2, -0.15) is 0 Å². The van der Waals surface area contributed by atoms with Crippen LogP contribution in [0.4, 0.5) is 0 Å². The van der Waals surface area contributed by atoms with Gasteiger partial charge in [0.2, 0.25) is 0 Å². The molecule has 0 amide bonds. The molecule has 3 nitrogen and oxygen atoms in total. The minimum absolute atomic E-state index is 0.255. The number of hydrogen-bond acceptors (Lipinski definition) is 2. The van der Waals surface area contributed by atoms with E-state index in [1.807, 2.05) is 24.7 Å². The number of hydrogen-bond donors (Lipinski definition) is 0. The van der Waals surface area contributed by atoms with E-state index in [1.165, 1.54) is 0 Å². The van der Waals surface area contributed by atoms with Gasteiger partial charge in [0.1, 0.15) is 5.78 Å². The molecule has 0 spiro atoms. The van der Waals surface area contributed by atoms with Gasteiger partial charge >= 0.3 is 0 Å². The zero-order chi connectivity index (χ0) is 8.69. The van der Waals surface area contributed by atoms with Crippen molar-refractivity contribution < 1.29 is 4.79 Å². The Kier molecular flexibility index (Phi) is 5.07. The number of rotatable bonds is 1. The summed E-state index contributed by atoms with van der Waals surface area (Å²) in [7, 11) is 1.94. The van der Waals surface area contributed by atoms with Crippen LogP contribution in [0, 0.1) is 0 Å². The van der Waals surface area contributed by atoms with Crippen LogP contribution in [0.5, 0.6) is 0 Å². The van der Waals surface area contributed by atoms with Gasteiger partial charge in [-0.25, -0.2) is 4.98 Å². The number of ketones is 1. The molecule has 0 bridgehead atoms. The van der Waals surface area contributed by atoms with Crippen molar-refractivity contribution in [2.45, 2.75) is 20.3 Å². The first-order valence-corrected chi connectivity index (χ1v) is 3.58. The van der Waals surface area contributed by atoms with Crippen LogP contribution in [-0.2, 0) is 11.8 Å². The van der Waals surface area contributed by atoms with Crippen molar-refractivity contribution in [3.8, 4) is 0 Å². The maximum atomic E-state index is 9.81. The average molecular weight is 154 g/mol. The Labute approximate surface area is 67.1 Å². The Balaban J connectivity index is 0.000000187. The van der Waals surface area contributed by atoms with Gasteiger partial charge in [-0.3, -0.25) is 0 Å². The molecule has 0 aliphatic carbocycles. The molecule has 0 saturated carbocycles. The lowest BCUT2D eigenvalue weighted by molar-refractivity contribution is -0.116. The summed E-state index contributed by atoms with van der Waals surface area (Å²) in [6.07, 6.45) is 6.06. The fourth-order valence-electron chi connectivity index (χ4n) is 0.326. The van der Waals surface area contributed by atoms with Gasteiger partial charge in [-0.05, 0) is 6.92 Å². The monoisotopic (exact) mass is 154 g/mol. The molecule has 1 heterocycles. The van der Waals surface area contributed by atoms with E-state index in [1.54, 1.807) is 19.4 Å². The van der Waals surface area contributed by atoms with Gasteiger partial charge in [0.05, 0.1) is 6.33 Å². The van der Waals surface area contributed by atoms with Crippen molar-refractivity contribution in [3.05, 3.63) is 18.7 Å². The molecule has 0 radical (unpaired) electrons. The molecule has 0 aromatic carbocycles. The first-order valence-electron chi connectivity index (χ1n) is 3.58. The van der Waals surface area contributed by atoms with E-state index in [-0.39, 0.29) is 5.78 Å². The highest BCUT2D eigenvalue weighted by atomic mass is 16.1. The van der Waals surface area contributed by atoms with E-state index in [2.05, 4.69) is 4.98 Å². The van der Waals surface area contributed by atoms with Crippen LogP contribution in [-0.4, -0.2) is 15.3 Å². The molecular weight excluding hydrogens is 140 g/mol. The van der Waals surface area contributed by atoms with Crippen LogP contribution in [0.2, 0.25) is 0 Å². The highest BCUT2D eigenvalue weighted by Crippen LogP contribution is 1.73. The van der Waals surface area contributed by atoms with E-state index in [0.29, 0.717) is 6.42 Å². The smallest absolute Gasteiger partial charge is 0.129 e. The fourth-order valence-corrected chi connectivity index (χ4v) is 0.326. The number of nitrogens with zero attached hydrogens (tertiary/aromatic N) is 2. The molecule has 11 heavy (non-hydrogen) atoms. The van der Waals surface area contributed by atoms with Crippen LogP contribution in [0.1, 0.15) is 20.3 Å². The third-order valence-electron chi connectivity index (χ3n) is 1.13. The van der Waals surface area contributed by atoms with Crippen molar-refractivity contribution >= 4 is 5.78 Å². The minimum Gasteiger partial charge on any atom is -0.341 e. The van der Waals surface area contributed by atoms with Crippen LogP contribution >= 0.6 is 0 Å². The normalized spacial score (nSPS) is 8.27. The molecule has 62 valence electrons. The van der Waals surface area contributed by atoms with Gasteiger partial charge < -0.3 is 9.36 Å². The second-order valence-electron chi connectivity index (χ2n) is 2.28. The predicted octanol–water partition coefficient (Wildman–Crippen LogP) is 1.41. The summed E-state index contributed by atoms with van der Waals surface area (Å²) >= 11 is 0. The minimum atomic E-state index is 0.255. The van der Waals surface area contributed by atoms with Gasteiger partial charge in [0.15, 0.2) is 0 Å². The predicted molar refractivity (Wildman–Crippen MR) is 44.2 cm³/mol. The zero-order valence-electron chi connectivity index (χ0n) is 7.24. The molecule has 1 rings (SSSR count). The van der Waals surface area contributed by atoms with Crippen LogP contribution in [0.15, 0.2) is 18.7 Å². The molecule has 0 atom stereocenters. The molecule has 0 saturated heterocycles. The maximum Gasteiger partial charge on any atom is 0.129 e. The summed E-state index contributed by atoms with van der Waals surface area (Å²) in [4.78, 5) is 13.6. The van der Waals surface area contributed by atoms with E-state index >= 15 is 0 Å². The van der Waals surface area contributed by atoms with Crippen LogP contribution < -0.4 is 0 Å². The lowest BCUT2D eigenvalue weighted by atomic mass is 10.4. The van der Waals surface area contributed by atoms with Crippen molar-refractivity contribution in [2.75, 3.05) is 0 Å². The molecular formula is C8H14N2O. The van der Waals surface area contributed by atoms with Crippen LogP contribution in [0.3, 0.4) is 0 Å². The van der Waals surface area contributed by atoms with Crippen molar-refractivity contribution in [1.29, 1.82) is 0 Å². The highest BCUT2D eigenvalue weighted by molar-refractivity contribution is 5.74. The number of carbonyl (C=O) groups excluding carboxylic acids is 1. The lowest BCUT2D eigenvalue weighted by Gasteiger charge is -1.76. The third-order valence-corrected chi connectivity index (χ3v) is 1.13. The molecule has 0 aliphatic rings. The fraction of sp³-hybridized carbons (Fsp3) is 0.500. The topological polar surface area (TPSA) is 34.9 Å². The third kappa shape index (κ3) is 6.77. The molecule has 1 aromatic rings. The van der Waals surface area contributed by atoms with Gasteiger partial charge in [-0.1, -0.05) is 6.92 Å². The number of aryl methyl sites for hydroxylation is 1. The SMILES string of the molecule is CCC(C)=O.Cn1ccnc1. The summed E-state index contributed by atoms with van der Waals surface area (Å²) < 4.78 is 1.89. The van der Waals surface area contributed by atoms with Gasteiger partial charge in [-0.15, -0.1) is 0 Å². The molecule has 0 unspecified atom stereocenters. The van der Waals surface area contributed by atoms with Gasteiger partial charge in [0, 0.05) is 25.9 Å². The summed E-state index contributed by atoms with van der Waals surface area (Å²) in [5, 5.41) is 0. The quantitative estimate of drug-likeness (QED) is 0.613. The largest absolute Gasteiger partial charge is 0.341 e. The number of aromatic nitrogens is 2. The van der Waals surface area contributed by atoms with E-state index < -0.39 is 0 Å². The van der Waals surface area contributed by atoms with Crippen LogP contribution in [0.25, 0.3) is 0 Å². The van der Waals surface area contributed by atoms with Crippen molar-refractivity contribution in [3.63, 3.8) is 0 Å². The summed E-state index contributed by atoms with van der Waals surface area (Å²) in [5.74, 6) is 0.255. The second-order valence-corrected chi connectivity index (χ2v) is 2.28. The lowest BCUT2D eigenvalue weighted by Crippen LogP contribution is -1.80. The van der Waals surface area contributed by atoms with Gasteiger partial charge in [0.25, 0.3) is 0 Å². The maximum absolute atomic E-state index is 9.81. The first-order chi connectivity index (χ1) is 5.16. The summed E-state index contributed by atoms with van der Waals surface area (Å²) in [6, 6.07) is 0. The number of carbonyl (C=O) groups is 1. The Hall–Kier alpha value is -1.12. The second kappa shape index (κ2) is 5.65. The van der Waals surface area contributed by atoms with Crippen molar-refractivity contribution in [2.24, 2.45) is 7.05 Å². The Morgan fingerprint density at radius 3 is 2.27 bits per heavy atom. The van der Waals surface area contributed by atoms with E-state index in [4.69, 9.17) is 0 Å². The number of Topliss-reactive ketones (excluding diaryl/α,β-unsaturated/α-hetero) is 1. The summed E-state index contributed by atoms with van der Waals surface area (Å²) in [5.41, 5.74) is 0. The molecule has 3 heteroatoms. The molecule has 0 fully saturated rings. The molecule has 0 aliphatic heterocycles. The van der Waals surface area contributed by atoms with Crippen molar-refractivity contribution in [1.82, 2.24) is 9.55 Å². The molecule has 1 aromatic heterocycles. The Bertz CT molecular complexity index is 192. The van der Waals surface area contributed by atoms with E-state index in [9.17, 15) is 4.79 Å². The summed E-state index contributed by atoms with van der Waals surface area (Å²) in [6.45, 7) is 3.43. The average Bonchev–Trinajstić information content (AvgIpc) is 2.41. The molecule has 0 N–H and O–H groups in total. The standard InChI is InChI=1S/C4H6N2.C4H8O/c1-6-3-2-5-4-6;1-3-4(2)5/h2-4H,1H3;3H2,1-2H3. The number of imidazole rings is 1. The zero-order valence-corrected chi connectivity index (χ0v) is 7.24.